The average molecular weight is 363 g/mol. The highest BCUT2D eigenvalue weighted by molar-refractivity contribution is 5.68. The number of nitrogens with one attached hydrogen (secondary N) is 1. The van der Waals surface area contributed by atoms with E-state index in [0.29, 0.717) is 27.2 Å². The number of halogens is 4. The van der Waals surface area contributed by atoms with E-state index in [4.69, 9.17) is 0 Å². The van der Waals surface area contributed by atoms with E-state index in [0.717, 1.165) is 11.8 Å². The van der Waals surface area contributed by atoms with Crippen LogP contribution in [0.3, 0.4) is 0 Å². The predicted octanol–water partition coefficient (Wildman–Crippen LogP) is 5.45. The minimum absolute atomic E-state index is 0.182. The van der Waals surface area contributed by atoms with Crippen LogP contribution in [0.4, 0.5) is 23.2 Å². The van der Waals surface area contributed by atoms with Crippen molar-refractivity contribution in [2.75, 3.05) is 5.32 Å². The summed E-state index contributed by atoms with van der Waals surface area (Å²) < 4.78 is 54.3. The van der Waals surface area contributed by atoms with Gasteiger partial charge in [0, 0.05) is 35.1 Å². The first-order chi connectivity index (χ1) is 12.4. The summed E-state index contributed by atoms with van der Waals surface area (Å²) in [7, 11) is 0. The van der Waals surface area contributed by atoms with Crippen LogP contribution >= 0.6 is 0 Å². The maximum atomic E-state index is 14.5. The molecule has 0 aliphatic carbocycles. The van der Waals surface area contributed by atoms with Gasteiger partial charge in [0.1, 0.15) is 11.6 Å². The molecule has 3 nitrogen and oxygen atoms in total. The molecular formula is C19H17F4N3. The molecule has 0 fully saturated rings. The molecule has 0 aliphatic rings. The maximum Gasteiger partial charge on any atom is 0.333 e. The standard InChI is InChI=1S/C19H17F4N3/c1-11-4-3-5-17(20)15(11)9-24-13-6-7-14(18(21)8-13)16-10-26(19(22)23)25-12(16)2/h3-8,10,19,24H,9H2,1-2H3. The first-order valence-electron chi connectivity index (χ1n) is 7.98. The van der Waals surface area contributed by atoms with Crippen LogP contribution in [0.15, 0.2) is 42.6 Å². The van der Waals surface area contributed by atoms with Crippen molar-refractivity contribution >= 4 is 5.69 Å². The molecule has 1 aromatic heterocycles. The van der Waals surface area contributed by atoms with Crippen LogP contribution in [0.25, 0.3) is 11.1 Å². The lowest BCUT2D eigenvalue weighted by atomic mass is 10.1. The summed E-state index contributed by atoms with van der Waals surface area (Å²) in [5, 5.41) is 6.67. The fraction of sp³-hybridized carbons (Fsp3) is 0.211. The van der Waals surface area contributed by atoms with Gasteiger partial charge in [-0.3, -0.25) is 0 Å². The molecule has 0 atom stereocenters. The number of anilines is 1. The Hall–Kier alpha value is -2.83. The molecule has 3 aromatic rings. The van der Waals surface area contributed by atoms with Gasteiger partial charge in [0.2, 0.25) is 0 Å². The van der Waals surface area contributed by atoms with Gasteiger partial charge < -0.3 is 5.32 Å². The highest BCUT2D eigenvalue weighted by atomic mass is 19.3. The van der Waals surface area contributed by atoms with E-state index in [2.05, 4.69) is 10.4 Å². The van der Waals surface area contributed by atoms with Gasteiger partial charge in [-0.15, -0.1) is 0 Å². The third-order valence-corrected chi connectivity index (χ3v) is 4.20. The third-order valence-electron chi connectivity index (χ3n) is 4.20. The van der Waals surface area contributed by atoms with E-state index in [1.807, 2.05) is 0 Å². The third kappa shape index (κ3) is 3.56. The average Bonchev–Trinajstić information content (AvgIpc) is 2.96. The van der Waals surface area contributed by atoms with Gasteiger partial charge in [0.25, 0.3) is 0 Å². The second-order valence-electron chi connectivity index (χ2n) is 5.97. The van der Waals surface area contributed by atoms with E-state index in [1.165, 1.54) is 18.2 Å². The Labute approximate surface area is 148 Å². The lowest BCUT2D eigenvalue weighted by molar-refractivity contribution is 0.0563. The van der Waals surface area contributed by atoms with Crippen LogP contribution in [0, 0.1) is 25.5 Å². The van der Waals surface area contributed by atoms with Gasteiger partial charge in [-0.25, -0.2) is 13.5 Å². The lowest BCUT2D eigenvalue weighted by Gasteiger charge is -2.11. The van der Waals surface area contributed by atoms with Crippen molar-refractivity contribution in [3.63, 3.8) is 0 Å². The summed E-state index contributed by atoms with van der Waals surface area (Å²) in [5.74, 6) is -0.901. The fourth-order valence-corrected chi connectivity index (χ4v) is 2.77. The monoisotopic (exact) mass is 363 g/mol. The molecular weight excluding hydrogens is 346 g/mol. The highest BCUT2D eigenvalue weighted by Gasteiger charge is 2.16. The minimum Gasteiger partial charge on any atom is -0.381 e. The van der Waals surface area contributed by atoms with E-state index >= 15 is 0 Å². The minimum atomic E-state index is -2.78. The Bertz CT molecular complexity index is 914. The van der Waals surface area contributed by atoms with Gasteiger partial charge >= 0.3 is 6.55 Å². The zero-order valence-electron chi connectivity index (χ0n) is 14.2. The number of alkyl halides is 2. The number of aromatic nitrogens is 2. The van der Waals surface area contributed by atoms with Crippen molar-refractivity contribution in [3.05, 3.63) is 71.1 Å². The molecule has 0 saturated carbocycles. The summed E-state index contributed by atoms with van der Waals surface area (Å²) in [5.41, 5.74) is 2.57. The molecule has 0 radical (unpaired) electrons. The second-order valence-corrected chi connectivity index (χ2v) is 5.97. The molecule has 7 heteroatoms. The number of aryl methyl sites for hydroxylation is 2. The quantitative estimate of drug-likeness (QED) is 0.611. The van der Waals surface area contributed by atoms with Gasteiger partial charge in [0.05, 0.1) is 5.69 Å². The van der Waals surface area contributed by atoms with Crippen molar-refractivity contribution in [1.29, 1.82) is 0 Å². The normalized spacial score (nSPS) is 11.2. The lowest BCUT2D eigenvalue weighted by Crippen LogP contribution is -2.04. The second kappa shape index (κ2) is 7.19. The number of hydrogen-bond donors (Lipinski definition) is 1. The Morgan fingerprint density at radius 3 is 2.42 bits per heavy atom. The Balaban J connectivity index is 1.82. The number of nitrogens with zero attached hydrogens (tertiary/aromatic N) is 2. The van der Waals surface area contributed by atoms with E-state index in [-0.39, 0.29) is 17.9 Å². The first kappa shape index (κ1) is 18.0. The SMILES string of the molecule is Cc1cccc(F)c1CNc1ccc(-c2cn(C(F)F)nc2C)c(F)c1. The van der Waals surface area contributed by atoms with Gasteiger partial charge in [0.15, 0.2) is 0 Å². The van der Waals surface area contributed by atoms with E-state index in [1.54, 1.807) is 32.0 Å². The highest BCUT2D eigenvalue weighted by Crippen LogP contribution is 2.29. The Morgan fingerprint density at radius 2 is 1.81 bits per heavy atom. The smallest absolute Gasteiger partial charge is 0.333 e. The summed E-state index contributed by atoms with van der Waals surface area (Å²) in [4.78, 5) is 0. The van der Waals surface area contributed by atoms with Crippen molar-refractivity contribution in [1.82, 2.24) is 9.78 Å². The van der Waals surface area contributed by atoms with Crippen LogP contribution < -0.4 is 5.32 Å². The summed E-state index contributed by atoms with van der Waals surface area (Å²) >= 11 is 0. The maximum absolute atomic E-state index is 14.5. The molecule has 2 aromatic carbocycles. The molecule has 0 aliphatic heterocycles. The number of rotatable bonds is 5. The molecule has 0 bridgehead atoms. The van der Waals surface area contributed by atoms with Crippen molar-refractivity contribution in [2.45, 2.75) is 26.9 Å². The van der Waals surface area contributed by atoms with Crippen LogP contribution in [-0.2, 0) is 6.54 Å². The molecule has 26 heavy (non-hydrogen) atoms. The van der Waals surface area contributed by atoms with E-state index < -0.39 is 12.4 Å². The van der Waals surface area contributed by atoms with Crippen LogP contribution in [0.5, 0.6) is 0 Å². The molecule has 0 amide bonds. The van der Waals surface area contributed by atoms with Gasteiger partial charge in [-0.2, -0.15) is 13.9 Å². The summed E-state index contributed by atoms with van der Waals surface area (Å²) in [6, 6.07) is 9.17. The Morgan fingerprint density at radius 1 is 1.04 bits per heavy atom. The first-order valence-corrected chi connectivity index (χ1v) is 7.98. The molecule has 0 saturated heterocycles. The van der Waals surface area contributed by atoms with Gasteiger partial charge in [-0.05, 0) is 43.7 Å². The molecule has 136 valence electrons. The van der Waals surface area contributed by atoms with E-state index in [9.17, 15) is 17.6 Å². The van der Waals surface area contributed by atoms with Crippen molar-refractivity contribution in [3.8, 4) is 11.1 Å². The molecule has 0 unspecified atom stereocenters. The fourth-order valence-electron chi connectivity index (χ4n) is 2.77. The van der Waals surface area contributed by atoms with Gasteiger partial charge in [-0.1, -0.05) is 12.1 Å². The zero-order valence-corrected chi connectivity index (χ0v) is 14.2. The molecule has 3 rings (SSSR count). The van der Waals surface area contributed by atoms with Crippen LogP contribution in [-0.4, -0.2) is 9.78 Å². The zero-order chi connectivity index (χ0) is 18.8. The number of hydrogen-bond acceptors (Lipinski definition) is 2. The van der Waals surface area contributed by atoms with Crippen molar-refractivity contribution < 1.29 is 17.6 Å². The topological polar surface area (TPSA) is 29.9 Å². The molecule has 1 heterocycles. The molecule has 1 N–H and O–H groups in total. The summed E-state index contributed by atoms with van der Waals surface area (Å²) in [6.45, 7) is 0.767. The molecule has 0 spiro atoms. The Kier molecular flexibility index (Phi) is 4.97. The number of benzene rings is 2. The van der Waals surface area contributed by atoms with Crippen molar-refractivity contribution in [2.24, 2.45) is 0 Å². The summed E-state index contributed by atoms with van der Waals surface area (Å²) in [6.07, 6.45) is 1.12. The van der Waals surface area contributed by atoms with Crippen LogP contribution in [0.1, 0.15) is 23.4 Å². The van der Waals surface area contributed by atoms with Crippen LogP contribution in [0.2, 0.25) is 0 Å². The largest absolute Gasteiger partial charge is 0.381 e. The predicted molar refractivity (Wildman–Crippen MR) is 92.1 cm³/mol.